The Morgan fingerprint density at radius 3 is 2.55 bits per heavy atom. The van der Waals surface area contributed by atoms with E-state index >= 15 is 0 Å². The number of anilines is 2. The zero-order valence-electron chi connectivity index (χ0n) is 21.5. The molecule has 2 aromatic heterocycles. The van der Waals surface area contributed by atoms with E-state index < -0.39 is 23.8 Å². The normalized spacial score (nSPS) is 15.4. The number of carbonyl (C=O) groups is 3. The van der Waals surface area contributed by atoms with E-state index in [0.717, 1.165) is 6.42 Å². The molecule has 11 nitrogen and oxygen atoms in total. The lowest BCUT2D eigenvalue weighted by Crippen LogP contribution is -2.26. The lowest BCUT2D eigenvalue weighted by molar-refractivity contribution is -0.128. The maximum absolute atomic E-state index is 13.3. The zero-order chi connectivity index (χ0) is 28.2. The number of hydrogen-bond donors (Lipinski definition) is 2. The van der Waals surface area contributed by atoms with E-state index in [9.17, 15) is 18.8 Å². The molecule has 0 saturated carbocycles. The summed E-state index contributed by atoms with van der Waals surface area (Å²) in [5, 5.41) is 7.04. The first-order valence-corrected chi connectivity index (χ1v) is 12.5. The molecule has 1 aliphatic heterocycles. The number of nitrogens with one attached hydrogen (secondary N) is 1. The fraction of sp³-hybridized carbons (Fsp3) is 0.214. The maximum Gasteiger partial charge on any atom is 0.361 e. The zero-order valence-corrected chi connectivity index (χ0v) is 21.5. The van der Waals surface area contributed by atoms with Crippen molar-refractivity contribution in [3.05, 3.63) is 90.3 Å². The van der Waals surface area contributed by atoms with Gasteiger partial charge in [0.15, 0.2) is 11.5 Å². The second-order valence-electron chi connectivity index (χ2n) is 9.30. The van der Waals surface area contributed by atoms with Gasteiger partial charge in [-0.25, -0.2) is 19.2 Å². The van der Waals surface area contributed by atoms with Gasteiger partial charge in [-0.2, -0.15) is 5.10 Å². The predicted molar refractivity (Wildman–Crippen MR) is 143 cm³/mol. The Hall–Kier alpha value is -5.13. The molecule has 2 amide bonds. The molecule has 40 heavy (non-hydrogen) atoms. The minimum Gasteiger partial charge on any atom is -0.442 e. The largest absolute Gasteiger partial charge is 0.442 e. The van der Waals surface area contributed by atoms with Crippen LogP contribution in [-0.4, -0.2) is 55.5 Å². The van der Waals surface area contributed by atoms with Gasteiger partial charge in [0.1, 0.15) is 5.82 Å². The molecule has 204 valence electrons. The first-order chi connectivity index (χ1) is 19.3. The van der Waals surface area contributed by atoms with Crippen molar-refractivity contribution in [2.75, 3.05) is 24.1 Å². The van der Waals surface area contributed by atoms with E-state index in [0.29, 0.717) is 35.6 Å². The highest BCUT2D eigenvalue weighted by Crippen LogP contribution is 2.26. The highest BCUT2D eigenvalue weighted by atomic mass is 19.1. The molecule has 1 aliphatic rings. The van der Waals surface area contributed by atoms with E-state index in [1.54, 1.807) is 52.3 Å². The second kappa shape index (κ2) is 11.3. The van der Waals surface area contributed by atoms with Crippen molar-refractivity contribution in [3.8, 4) is 11.3 Å². The second-order valence-corrected chi connectivity index (χ2v) is 9.30. The van der Waals surface area contributed by atoms with E-state index in [1.165, 1.54) is 37.4 Å². The van der Waals surface area contributed by atoms with Crippen LogP contribution in [0, 0.1) is 5.82 Å². The van der Waals surface area contributed by atoms with Crippen molar-refractivity contribution in [1.82, 2.24) is 24.6 Å². The van der Waals surface area contributed by atoms with Crippen LogP contribution in [0.1, 0.15) is 41.5 Å². The number of carbonyl (C=O) groups excluding carboxylic acids is 3. The van der Waals surface area contributed by atoms with Crippen LogP contribution in [-0.2, 0) is 14.3 Å². The van der Waals surface area contributed by atoms with Gasteiger partial charge in [0.2, 0.25) is 12.0 Å². The van der Waals surface area contributed by atoms with Gasteiger partial charge in [-0.1, -0.05) is 30.3 Å². The number of amides is 2. The molecule has 3 N–H and O–H groups in total. The molecule has 1 unspecified atom stereocenters. The van der Waals surface area contributed by atoms with Crippen LogP contribution in [0.2, 0.25) is 0 Å². The molecule has 0 bridgehead atoms. The number of rotatable bonds is 7. The van der Waals surface area contributed by atoms with E-state index in [2.05, 4.69) is 20.4 Å². The highest BCUT2D eigenvalue weighted by Gasteiger charge is 2.29. The lowest BCUT2D eigenvalue weighted by Gasteiger charge is -2.18. The monoisotopic (exact) mass is 543 g/mol. The molecule has 0 aliphatic carbocycles. The number of nitrogen functional groups attached to an aromatic ring is 1. The highest BCUT2D eigenvalue weighted by molar-refractivity contribution is 5.99. The first kappa shape index (κ1) is 26.5. The Balaban J connectivity index is 1.36. The fourth-order valence-corrected chi connectivity index (χ4v) is 4.41. The molecule has 3 heterocycles. The average molecular weight is 544 g/mol. The smallest absolute Gasteiger partial charge is 0.361 e. The molecule has 1 fully saturated rings. The molecule has 0 spiro atoms. The van der Waals surface area contributed by atoms with Crippen molar-refractivity contribution in [2.24, 2.45) is 0 Å². The Labute approximate surface area is 228 Å². The van der Waals surface area contributed by atoms with Gasteiger partial charge in [0, 0.05) is 43.0 Å². The maximum atomic E-state index is 13.3. The molecule has 2 aromatic carbocycles. The van der Waals surface area contributed by atoms with Crippen LogP contribution in [0.25, 0.3) is 11.3 Å². The number of nitrogens with zero attached hydrogens (tertiary/aromatic N) is 5. The topological polar surface area (TPSA) is 145 Å². The Morgan fingerprint density at radius 2 is 1.85 bits per heavy atom. The molecule has 4 aromatic rings. The van der Waals surface area contributed by atoms with Crippen LogP contribution in [0.15, 0.2) is 73.2 Å². The van der Waals surface area contributed by atoms with Crippen LogP contribution >= 0.6 is 0 Å². The van der Waals surface area contributed by atoms with Gasteiger partial charge in [0.05, 0.1) is 24.1 Å². The fourth-order valence-electron chi connectivity index (χ4n) is 4.41. The number of aromatic nitrogens is 4. The van der Waals surface area contributed by atoms with E-state index in [-0.39, 0.29) is 23.5 Å². The first-order valence-electron chi connectivity index (χ1n) is 12.5. The summed E-state index contributed by atoms with van der Waals surface area (Å²) < 4.78 is 20.7. The minimum absolute atomic E-state index is 0.0163. The van der Waals surface area contributed by atoms with Gasteiger partial charge in [-0.15, -0.1) is 0 Å². The van der Waals surface area contributed by atoms with Crippen LogP contribution < -0.4 is 11.1 Å². The van der Waals surface area contributed by atoms with Crippen LogP contribution in [0.4, 0.5) is 15.9 Å². The number of nitrogens with two attached hydrogens (primary N) is 1. The number of benzene rings is 2. The summed E-state index contributed by atoms with van der Waals surface area (Å²) in [5.41, 5.74) is 7.39. The minimum atomic E-state index is -1.35. The SMILES string of the molecule is CC(=O)N1CC[C@H](n2cc(-c3cnc(N)c(C(=O)OC(C(=O)Nc4ccc(F)cc4)c4ccccc4)n3)cn2)C1. The summed E-state index contributed by atoms with van der Waals surface area (Å²) in [4.78, 5) is 48.3. The van der Waals surface area contributed by atoms with Gasteiger partial charge in [-0.3, -0.25) is 14.3 Å². The Bertz CT molecular complexity index is 1540. The Kier molecular flexibility index (Phi) is 7.49. The molecule has 2 atom stereocenters. The van der Waals surface area contributed by atoms with Crippen LogP contribution in [0.3, 0.4) is 0 Å². The number of likely N-dealkylation sites (tertiary alicyclic amines) is 1. The summed E-state index contributed by atoms with van der Waals surface area (Å²) in [7, 11) is 0. The molecule has 1 saturated heterocycles. The van der Waals surface area contributed by atoms with Crippen LogP contribution in [0.5, 0.6) is 0 Å². The number of ether oxygens (including phenoxy) is 1. The summed E-state index contributed by atoms with van der Waals surface area (Å²) in [6.07, 6.45) is 4.20. The summed E-state index contributed by atoms with van der Waals surface area (Å²) >= 11 is 0. The lowest BCUT2D eigenvalue weighted by atomic mass is 10.1. The summed E-state index contributed by atoms with van der Waals surface area (Å²) in [5.74, 6) is -2.20. The number of hydrogen-bond acceptors (Lipinski definition) is 8. The van der Waals surface area contributed by atoms with Gasteiger partial charge in [0.25, 0.3) is 5.91 Å². The van der Waals surface area contributed by atoms with Crippen molar-refractivity contribution >= 4 is 29.3 Å². The van der Waals surface area contributed by atoms with Crippen molar-refractivity contribution < 1.29 is 23.5 Å². The predicted octanol–water partition coefficient (Wildman–Crippen LogP) is 3.39. The molecule has 0 radical (unpaired) electrons. The van der Waals surface area contributed by atoms with E-state index in [1.807, 2.05) is 0 Å². The van der Waals surface area contributed by atoms with Crippen molar-refractivity contribution in [1.29, 1.82) is 0 Å². The standard InChI is InChI=1S/C28H26FN7O4/c1-17(37)35-12-11-22(16-35)36-15-19(13-32-36)23-14-31-26(30)24(34-23)28(39)40-25(18-5-3-2-4-6-18)27(38)33-21-9-7-20(29)8-10-21/h2-10,13-15,22,25H,11-12,16H2,1H3,(H2,30,31)(H,33,38)/t22-,25?/m0/s1. The van der Waals surface area contributed by atoms with Gasteiger partial charge in [-0.05, 0) is 30.7 Å². The van der Waals surface area contributed by atoms with Crippen molar-refractivity contribution in [2.45, 2.75) is 25.5 Å². The Morgan fingerprint density at radius 1 is 1.10 bits per heavy atom. The molecule has 5 rings (SSSR count). The third kappa shape index (κ3) is 5.80. The third-order valence-electron chi connectivity index (χ3n) is 6.55. The molecular formula is C28H26FN7O4. The average Bonchev–Trinajstić information content (AvgIpc) is 3.64. The van der Waals surface area contributed by atoms with Gasteiger partial charge >= 0.3 is 5.97 Å². The summed E-state index contributed by atoms with van der Waals surface area (Å²) in [6, 6.07) is 13.7. The summed E-state index contributed by atoms with van der Waals surface area (Å²) in [6.45, 7) is 2.75. The van der Waals surface area contributed by atoms with Crippen molar-refractivity contribution in [3.63, 3.8) is 0 Å². The van der Waals surface area contributed by atoms with E-state index in [4.69, 9.17) is 10.5 Å². The number of esters is 1. The molecule has 12 heteroatoms. The quantitative estimate of drug-likeness (QED) is 0.338. The van der Waals surface area contributed by atoms with Gasteiger partial charge < -0.3 is 20.7 Å². The molecular weight excluding hydrogens is 517 g/mol. The number of halogens is 1. The third-order valence-corrected chi connectivity index (χ3v) is 6.55.